The normalized spacial score (nSPS) is 9.91. The molecule has 1 N–H and O–H groups in total. The van der Waals surface area contributed by atoms with E-state index >= 15 is 0 Å². The smallest absolute Gasteiger partial charge is 0.338 e. The highest BCUT2D eigenvalue weighted by molar-refractivity contribution is 6.32. The Labute approximate surface area is 132 Å². The van der Waals surface area contributed by atoms with Crippen molar-refractivity contribution in [3.05, 3.63) is 59.1 Å². The van der Waals surface area contributed by atoms with Gasteiger partial charge in [-0.3, -0.25) is 4.79 Å². The van der Waals surface area contributed by atoms with E-state index in [9.17, 15) is 9.59 Å². The Kier molecular flexibility index (Phi) is 5.38. The third-order valence-corrected chi connectivity index (χ3v) is 3.07. The van der Waals surface area contributed by atoms with Crippen molar-refractivity contribution < 1.29 is 19.1 Å². The van der Waals surface area contributed by atoms with Gasteiger partial charge in [0.15, 0.2) is 6.61 Å². The van der Waals surface area contributed by atoms with Crippen molar-refractivity contribution >= 4 is 29.2 Å². The molecule has 0 aromatic heterocycles. The van der Waals surface area contributed by atoms with Crippen LogP contribution in [0.1, 0.15) is 10.4 Å². The largest absolute Gasteiger partial charge is 0.495 e. The molecule has 0 aliphatic heterocycles. The summed E-state index contributed by atoms with van der Waals surface area (Å²) in [5.74, 6) is -0.496. The first-order chi connectivity index (χ1) is 10.6. The summed E-state index contributed by atoms with van der Waals surface area (Å²) >= 11 is 5.96. The number of methoxy groups -OCH3 is 1. The molecule has 0 aliphatic carbocycles. The molecule has 0 unspecified atom stereocenters. The van der Waals surface area contributed by atoms with Crippen LogP contribution in [0.5, 0.6) is 5.75 Å². The van der Waals surface area contributed by atoms with Crippen molar-refractivity contribution in [3.63, 3.8) is 0 Å². The number of esters is 1. The predicted molar refractivity (Wildman–Crippen MR) is 83.4 cm³/mol. The van der Waals surface area contributed by atoms with E-state index < -0.39 is 11.9 Å². The van der Waals surface area contributed by atoms with E-state index in [1.807, 2.05) is 0 Å². The van der Waals surface area contributed by atoms with Crippen LogP contribution in [0.2, 0.25) is 5.02 Å². The van der Waals surface area contributed by atoms with Crippen LogP contribution in [0.4, 0.5) is 5.69 Å². The first-order valence-electron chi connectivity index (χ1n) is 6.45. The fourth-order valence-electron chi connectivity index (χ4n) is 1.73. The van der Waals surface area contributed by atoms with Gasteiger partial charge in [0, 0.05) is 5.69 Å². The van der Waals surface area contributed by atoms with E-state index in [0.29, 0.717) is 22.0 Å². The number of nitrogens with one attached hydrogen (secondary N) is 1. The Morgan fingerprint density at radius 3 is 2.50 bits per heavy atom. The van der Waals surface area contributed by atoms with Crippen LogP contribution < -0.4 is 10.1 Å². The highest BCUT2D eigenvalue weighted by atomic mass is 35.5. The Balaban J connectivity index is 1.88. The van der Waals surface area contributed by atoms with Crippen molar-refractivity contribution in [2.75, 3.05) is 19.0 Å². The van der Waals surface area contributed by atoms with Gasteiger partial charge in [-0.15, -0.1) is 0 Å². The number of amides is 1. The summed E-state index contributed by atoms with van der Waals surface area (Å²) in [6.45, 7) is -0.378. The Bertz CT molecular complexity index is 673. The first-order valence-corrected chi connectivity index (χ1v) is 6.83. The van der Waals surface area contributed by atoms with E-state index in [0.717, 1.165) is 0 Å². The van der Waals surface area contributed by atoms with Crippen LogP contribution in [0.25, 0.3) is 0 Å². The zero-order valence-corrected chi connectivity index (χ0v) is 12.6. The molecule has 0 atom stereocenters. The number of benzene rings is 2. The third kappa shape index (κ3) is 4.23. The summed E-state index contributed by atoms with van der Waals surface area (Å²) in [7, 11) is 1.50. The predicted octanol–water partition coefficient (Wildman–Crippen LogP) is 3.14. The number of carbonyl (C=O) groups is 2. The number of anilines is 1. The lowest BCUT2D eigenvalue weighted by atomic mass is 10.2. The molecule has 114 valence electrons. The highest BCUT2D eigenvalue weighted by Crippen LogP contribution is 2.27. The summed E-state index contributed by atoms with van der Waals surface area (Å²) in [6, 6.07) is 13.3. The number of halogens is 1. The molecule has 22 heavy (non-hydrogen) atoms. The number of carbonyl (C=O) groups excluding carboxylic acids is 2. The molecule has 2 aromatic carbocycles. The summed E-state index contributed by atoms with van der Waals surface area (Å²) in [6.07, 6.45) is 0. The maximum absolute atomic E-state index is 11.8. The monoisotopic (exact) mass is 319 g/mol. The van der Waals surface area contributed by atoms with E-state index in [2.05, 4.69) is 5.32 Å². The Morgan fingerprint density at radius 1 is 1.14 bits per heavy atom. The molecular formula is C16H14ClNO4. The maximum Gasteiger partial charge on any atom is 0.338 e. The fraction of sp³-hybridized carbons (Fsp3) is 0.125. The second-order valence-corrected chi connectivity index (χ2v) is 4.75. The maximum atomic E-state index is 11.8. The average molecular weight is 320 g/mol. The SMILES string of the molecule is COc1ccc(NC(=O)COC(=O)c2ccccc2)cc1Cl. The number of ether oxygens (including phenoxy) is 2. The van der Waals surface area contributed by atoms with Gasteiger partial charge in [0.25, 0.3) is 5.91 Å². The number of hydrogen-bond donors (Lipinski definition) is 1. The molecule has 0 fully saturated rings. The lowest BCUT2D eigenvalue weighted by molar-refractivity contribution is -0.119. The minimum Gasteiger partial charge on any atom is -0.495 e. The zero-order chi connectivity index (χ0) is 15.9. The second-order valence-electron chi connectivity index (χ2n) is 4.34. The Morgan fingerprint density at radius 2 is 1.86 bits per heavy atom. The van der Waals surface area contributed by atoms with Gasteiger partial charge in [-0.05, 0) is 30.3 Å². The molecule has 0 saturated carbocycles. The molecule has 1 amide bonds. The lowest BCUT2D eigenvalue weighted by Crippen LogP contribution is -2.20. The minimum atomic E-state index is -0.552. The van der Waals surface area contributed by atoms with Crippen LogP contribution in [-0.4, -0.2) is 25.6 Å². The average Bonchev–Trinajstić information content (AvgIpc) is 2.53. The van der Waals surface area contributed by atoms with Gasteiger partial charge >= 0.3 is 5.97 Å². The van der Waals surface area contributed by atoms with Crippen molar-refractivity contribution in [2.45, 2.75) is 0 Å². The van der Waals surface area contributed by atoms with Crippen LogP contribution in [0.15, 0.2) is 48.5 Å². The van der Waals surface area contributed by atoms with Crippen LogP contribution in [0.3, 0.4) is 0 Å². The highest BCUT2D eigenvalue weighted by Gasteiger charge is 2.10. The summed E-state index contributed by atoms with van der Waals surface area (Å²) in [5, 5.41) is 2.96. The molecule has 0 heterocycles. The quantitative estimate of drug-likeness (QED) is 0.860. The van der Waals surface area contributed by atoms with E-state index in [-0.39, 0.29) is 6.61 Å². The van der Waals surface area contributed by atoms with Gasteiger partial charge < -0.3 is 14.8 Å². The molecular weight excluding hydrogens is 306 g/mol. The van der Waals surface area contributed by atoms with Crippen molar-refractivity contribution in [1.82, 2.24) is 0 Å². The van der Waals surface area contributed by atoms with Crippen molar-refractivity contribution in [3.8, 4) is 5.75 Å². The van der Waals surface area contributed by atoms with Gasteiger partial charge in [-0.1, -0.05) is 29.8 Å². The van der Waals surface area contributed by atoms with Crippen LogP contribution in [-0.2, 0) is 9.53 Å². The van der Waals surface area contributed by atoms with E-state index in [4.69, 9.17) is 21.1 Å². The molecule has 0 saturated heterocycles. The molecule has 5 nitrogen and oxygen atoms in total. The van der Waals surface area contributed by atoms with Crippen LogP contribution >= 0.6 is 11.6 Å². The lowest BCUT2D eigenvalue weighted by Gasteiger charge is -2.08. The molecule has 0 spiro atoms. The molecule has 0 bridgehead atoms. The molecule has 0 aliphatic rings. The summed E-state index contributed by atoms with van der Waals surface area (Å²) < 4.78 is 9.95. The topological polar surface area (TPSA) is 64.6 Å². The van der Waals surface area contributed by atoms with Gasteiger partial charge in [-0.2, -0.15) is 0 Å². The number of hydrogen-bond acceptors (Lipinski definition) is 4. The standard InChI is InChI=1S/C16H14ClNO4/c1-21-14-8-7-12(9-13(14)17)18-15(19)10-22-16(20)11-5-3-2-4-6-11/h2-9H,10H2,1H3,(H,18,19). The zero-order valence-electron chi connectivity index (χ0n) is 11.8. The summed E-state index contributed by atoms with van der Waals surface area (Å²) in [5.41, 5.74) is 0.884. The molecule has 2 rings (SSSR count). The fourth-order valence-corrected chi connectivity index (χ4v) is 1.99. The van der Waals surface area contributed by atoms with Gasteiger partial charge in [0.1, 0.15) is 5.75 Å². The Hall–Kier alpha value is -2.53. The van der Waals surface area contributed by atoms with Crippen molar-refractivity contribution in [2.24, 2.45) is 0 Å². The number of rotatable bonds is 5. The van der Waals surface area contributed by atoms with Gasteiger partial charge in [-0.25, -0.2) is 4.79 Å². The van der Waals surface area contributed by atoms with E-state index in [1.165, 1.54) is 7.11 Å². The van der Waals surface area contributed by atoms with Crippen LogP contribution in [0, 0.1) is 0 Å². The molecule has 2 aromatic rings. The van der Waals surface area contributed by atoms with Gasteiger partial charge in [0.05, 0.1) is 17.7 Å². The summed E-state index contributed by atoms with van der Waals surface area (Å²) in [4.78, 5) is 23.5. The molecule has 6 heteroatoms. The van der Waals surface area contributed by atoms with E-state index in [1.54, 1.807) is 48.5 Å². The van der Waals surface area contributed by atoms with Crippen molar-refractivity contribution in [1.29, 1.82) is 0 Å². The minimum absolute atomic E-state index is 0.376. The van der Waals surface area contributed by atoms with Gasteiger partial charge in [0.2, 0.25) is 0 Å². The first kappa shape index (κ1) is 15.9. The second kappa shape index (κ2) is 7.47. The third-order valence-electron chi connectivity index (χ3n) is 2.78. The molecule has 0 radical (unpaired) electrons.